The van der Waals surface area contributed by atoms with Crippen LogP contribution >= 0.6 is 0 Å². The number of carboxylic acid groups (broad SMARTS) is 1. The third-order valence-corrected chi connectivity index (χ3v) is 7.87. The first kappa shape index (κ1) is 30.6. The van der Waals surface area contributed by atoms with Gasteiger partial charge in [0, 0.05) is 34.1 Å². The summed E-state index contributed by atoms with van der Waals surface area (Å²) in [5, 5.41) is 30.6. The van der Waals surface area contributed by atoms with E-state index in [4.69, 9.17) is 15.7 Å². The number of carbonyl (C=O) groups is 1. The molecule has 3 aromatic carbocycles. The van der Waals surface area contributed by atoms with Crippen molar-refractivity contribution in [1.82, 2.24) is 10.2 Å². The number of amidine groups is 1. The fourth-order valence-corrected chi connectivity index (χ4v) is 6.04. The first-order valence-corrected chi connectivity index (χ1v) is 14.5. The monoisotopic (exact) mass is 567 g/mol. The maximum absolute atomic E-state index is 12.7. The van der Waals surface area contributed by atoms with Crippen LogP contribution in [0, 0.1) is 5.41 Å². The lowest BCUT2D eigenvalue weighted by Gasteiger charge is -2.21. The molecular weight excluding hydrogens is 530 g/mol. The third kappa shape index (κ3) is 9.08. The Morgan fingerprint density at radius 2 is 1.57 bits per heavy atom. The molecule has 4 rings (SSSR count). The summed E-state index contributed by atoms with van der Waals surface area (Å²) in [5.74, 6) is 0.0232. The molecule has 7 N–H and O–H groups in total. The van der Waals surface area contributed by atoms with Gasteiger partial charge < -0.3 is 10.4 Å². The summed E-state index contributed by atoms with van der Waals surface area (Å²) in [4.78, 5) is 10.8. The van der Waals surface area contributed by atoms with Crippen LogP contribution in [0.3, 0.4) is 0 Å². The molecule has 1 aliphatic rings. The van der Waals surface area contributed by atoms with Crippen LogP contribution in [0.2, 0.25) is 0 Å². The van der Waals surface area contributed by atoms with Gasteiger partial charge in [-0.1, -0.05) is 55.3 Å². The summed E-state index contributed by atoms with van der Waals surface area (Å²) in [6.45, 7) is 5.33. The average Bonchev–Trinajstić information content (AvgIpc) is 3.40. The molecule has 214 valence electrons. The summed E-state index contributed by atoms with van der Waals surface area (Å²) in [6.07, 6.45) is 3.89. The molecule has 0 atom stereocenters. The summed E-state index contributed by atoms with van der Waals surface area (Å²) in [7, 11) is -3.69. The van der Waals surface area contributed by atoms with E-state index in [1.807, 2.05) is 23.7 Å². The molecule has 0 saturated heterocycles. The van der Waals surface area contributed by atoms with Crippen LogP contribution in [-0.2, 0) is 10.0 Å². The van der Waals surface area contributed by atoms with Crippen LogP contribution in [-0.4, -0.2) is 42.2 Å². The summed E-state index contributed by atoms with van der Waals surface area (Å²) in [5.41, 5.74) is 4.61. The van der Waals surface area contributed by atoms with Crippen molar-refractivity contribution >= 4 is 33.3 Å². The van der Waals surface area contributed by atoms with E-state index in [9.17, 15) is 13.2 Å². The minimum absolute atomic E-state index is 0.0232. The maximum Gasteiger partial charge on any atom is 0.409 e. The van der Waals surface area contributed by atoms with Crippen molar-refractivity contribution in [3.8, 4) is 11.1 Å². The summed E-state index contributed by atoms with van der Waals surface area (Å²) < 4.78 is 27.9. The van der Waals surface area contributed by atoms with E-state index in [0.29, 0.717) is 28.4 Å². The van der Waals surface area contributed by atoms with Gasteiger partial charge in [0.1, 0.15) is 5.84 Å². The predicted octanol–water partition coefficient (Wildman–Crippen LogP) is 5.87. The normalized spacial score (nSPS) is 13.6. The van der Waals surface area contributed by atoms with Crippen LogP contribution in [0.1, 0.15) is 52.0 Å². The highest BCUT2D eigenvalue weighted by Crippen LogP contribution is 2.29. The van der Waals surface area contributed by atoms with Crippen molar-refractivity contribution in [3.05, 3.63) is 78.4 Å². The SMILES string of the molecule is CC(C)(C)NS(=O)(=O)c1ccccc1-c1ccc(NC(=O)O)cc1.N=C(NO)c1cccc(NC2CCCC2)c1. The zero-order valence-corrected chi connectivity index (χ0v) is 23.7. The third-order valence-electron chi connectivity index (χ3n) is 6.05. The number of benzene rings is 3. The van der Waals surface area contributed by atoms with E-state index < -0.39 is 21.7 Å². The van der Waals surface area contributed by atoms with Gasteiger partial charge in [0.15, 0.2) is 0 Å². The van der Waals surface area contributed by atoms with Gasteiger partial charge in [0.25, 0.3) is 0 Å². The number of hydrogen-bond acceptors (Lipinski definition) is 6. The number of nitrogens with one attached hydrogen (secondary N) is 5. The molecule has 0 unspecified atom stereocenters. The van der Waals surface area contributed by atoms with E-state index >= 15 is 0 Å². The van der Waals surface area contributed by atoms with Crippen molar-refractivity contribution in [2.45, 2.75) is 62.9 Å². The first-order valence-electron chi connectivity index (χ1n) is 13.0. The molecule has 0 aliphatic heterocycles. The fraction of sp³-hybridized carbons (Fsp3) is 0.310. The standard InChI is InChI=1S/C17H20N2O4S.C12H17N3O/c1-17(2,3)19-24(22,23)15-7-5-4-6-14(15)12-8-10-13(11-9-12)18-16(20)21;13-12(15-16)9-4-3-7-11(8-9)14-10-5-1-2-6-10/h4-11,18-19H,1-3H3,(H,20,21);3-4,7-8,10,14,16H,1-2,5-6H2,(H2,13,15). The van der Waals surface area contributed by atoms with Gasteiger partial charge in [-0.05, 0) is 69.5 Å². The van der Waals surface area contributed by atoms with Crippen LogP contribution in [0.25, 0.3) is 11.1 Å². The molecule has 0 spiro atoms. The second kappa shape index (κ2) is 13.4. The van der Waals surface area contributed by atoms with Gasteiger partial charge in [-0.2, -0.15) is 0 Å². The second-order valence-electron chi connectivity index (χ2n) is 10.6. The maximum atomic E-state index is 12.7. The quantitative estimate of drug-likeness (QED) is 0.107. The Morgan fingerprint density at radius 3 is 2.17 bits per heavy atom. The van der Waals surface area contributed by atoms with Crippen LogP contribution in [0.15, 0.2) is 77.7 Å². The molecule has 3 aromatic rings. The zero-order valence-electron chi connectivity index (χ0n) is 22.9. The average molecular weight is 568 g/mol. The Bertz CT molecular complexity index is 1410. The molecule has 0 radical (unpaired) electrons. The molecule has 1 fully saturated rings. The number of anilines is 2. The Hall–Kier alpha value is -3.93. The lowest BCUT2D eigenvalue weighted by atomic mass is 10.1. The molecule has 11 heteroatoms. The van der Waals surface area contributed by atoms with Gasteiger partial charge in [-0.25, -0.2) is 17.9 Å². The lowest BCUT2D eigenvalue weighted by Crippen LogP contribution is -2.40. The van der Waals surface area contributed by atoms with E-state index in [2.05, 4.69) is 15.4 Å². The molecule has 0 aromatic heterocycles. The number of hydrogen-bond donors (Lipinski definition) is 7. The van der Waals surface area contributed by atoms with Crippen molar-refractivity contribution in [2.24, 2.45) is 0 Å². The van der Waals surface area contributed by atoms with E-state index in [0.717, 1.165) is 5.69 Å². The minimum Gasteiger partial charge on any atom is -0.465 e. The molecule has 1 amide bonds. The van der Waals surface area contributed by atoms with Crippen molar-refractivity contribution in [2.75, 3.05) is 10.6 Å². The lowest BCUT2D eigenvalue weighted by molar-refractivity contribution is 0.209. The van der Waals surface area contributed by atoms with Crippen molar-refractivity contribution < 1.29 is 23.5 Å². The number of amides is 1. The summed E-state index contributed by atoms with van der Waals surface area (Å²) >= 11 is 0. The largest absolute Gasteiger partial charge is 0.465 e. The highest BCUT2D eigenvalue weighted by Gasteiger charge is 2.24. The van der Waals surface area contributed by atoms with E-state index in [-0.39, 0.29) is 10.7 Å². The number of rotatable bonds is 7. The molecular formula is C29H37N5O5S. The van der Waals surface area contributed by atoms with E-state index in [1.54, 1.807) is 75.4 Å². The Kier molecular flexibility index (Phi) is 10.3. The Morgan fingerprint density at radius 1 is 0.925 bits per heavy atom. The molecule has 0 bridgehead atoms. The minimum atomic E-state index is -3.69. The molecule has 40 heavy (non-hydrogen) atoms. The Labute approximate surface area is 235 Å². The molecule has 10 nitrogen and oxygen atoms in total. The molecule has 1 saturated carbocycles. The van der Waals surface area contributed by atoms with Crippen LogP contribution in [0.4, 0.5) is 16.2 Å². The van der Waals surface area contributed by atoms with Gasteiger partial charge >= 0.3 is 6.09 Å². The highest BCUT2D eigenvalue weighted by atomic mass is 32.2. The van der Waals surface area contributed by atoms with Gasteiger partial charge in [0.2, 0.25) is 10.0 Å². The second-order valence-corrected chi connectivity index (χ2v) is 12.2. The zero-order chi connectivity index (χ0) is 29.3. The predicted molar refractivity (Wildman–Crippen MR) is 158 cm³/mol. The van der Waals surface area contributed by atoms with Crippen molar-refractivity contribution in [3.63, 3.8) is 0 Å². The summed E-state index contributed by atoms with van der Waals surface area (Å²) in [6, 6.07) is 21.3. The fourth-order valence-electron chi connectivity index (χ4n) is 4.39. The Balaban J connectivity index is 0.000000238. The van der Waals surface area contributed by atoms with Gasteiger partial charge in [-0.3, -0.25) is 21.4 Å². The number of sulfonamides is 1. The molecule has 1 aliphatic carbocycles. The first-order chi connectivity index (χ1) is 18.9. The van der Waals surface area contributed by atoms with E-state index in [1.165, 1.54) is 25.7 Å². The smallest absolute Gasteiger partial charge is 0.409 e. The highest BCUT2D eigenvalue weighted by molar-refractivity contribution is 7.89. The number of hydroxylamine groups is 1. The molecule has 0 heterocycles. The topological polar surface area (TPSA) is 164 Å². The van der Waals surface area contributed by atoms with Crippen molar-refractivity contribution in [1.29, 1.82) is 5.41 Å². The van der Waals surface area contributed by atoms with Gasteiger partial charge in [-0.15, -0.1) is 0 Å². The van der Waals surface area contributed by atoms with Crippen LogP contribution < -0.4 is 20.8 Å². The van der Waals surface area contributed by atoms with Gasteiger partial charge in [0.05, 0.1) is 4.90 Å². The van der Waals surface area contributed by atoms with Crippen LogP contribution in [0.5, 0.6) is 0 Å².